The van der Waals surface area contributed by atoms with Crippen molar-refractivity contribution < 1.29 is 14.3 Å². The molecule has 0 saturated heterocycles. The van der Waals surface area contributed by atoms with Crippen molar-refractivity contribution >= 4 is 11.7 Å². The predicted octanol–water partition coefficient (Wildman–Crippen LogP) is 2.19. The van der Waals surface area contributed by atoms with Crippen LogP contribution < -0.4 is 10.1 Å². The van der Waals surface area contributed by atoms with Crippen molar-refractivity contribution in [3.63, 3.8) is 0 Å². The zero-order chi connectivity index (χ0) is 18.9. The number of aryl methyl sites for hydroxylation is 2. The molecule has 0 bridgehead atoms. The van der Waals surface area contributed by atoms with Gasteiger partial charge in [-0.2, -0.15) is 5.10 Å². The van der Waals surface area contributed by atoms with Gasteiger partial charge in [0.1, 0.15) is 12.2 Å². The van der Waals surface area contributed by atoms with E-state index in [1.165, 1.54) is 5.56 Å². The number of hydrogen-bond donors (Lipinski definition) is 1. The van der Waals surface area contributed by atoms with Gasteiger partial charge < -0.3 is 14.8 Å². The zero-order valence-corrected chi connectivity index (χ0v) is 15.0. The van der Waals surface area contributed by atoms with E-state index < -0.39 is 0 Å². The van der Waals surface area contributed by atoms with E-state index >= 15 is 0 Å². The molecule has 8 nitrogen and oxygen atoms in total. The highest BCUT2D eigenvalue weighted by Gasteiger charge is 2.15. The summed E-state index contributed by atoms with van der Waals surface area (Å²) in [5.41, 5.74) is 1.53. The molecule has 0 atom stereocenters. The lowest BCUT2D eigenvalue weighted by molar-refractivity contribution is 0.101. The minimum absolute atomic E-state index is 0.268. The van der Waals surface area contributed by atoms with E-state index in [-0.39, 0.29) is 11.8 Å². The van der Waals surface area contributed by atoms with Crippen LogP contribution in [0, 0.1) is 0 Å². The van der Waals surface area contributed by atoms with Crippen LogP contribution in [-0.2, 0) is 17.7 Å². The lowest BCUT2D eigenvalue weighted by Gasteiger charge is -2.09. The standard InChI is InChI=1S/C19H21N5O3/c1-26-13-14-27-19-16(3-2-8-21-19)18(25)22-17-7-12-24(23-17)11-6-15-4-9-20-10-5-15/h2-5,7-10,12H,6,11,13-14H2,1H3,(H,22,23,25). The summed E-state index contributed by atoms with van der Waals surface area (Å²) >= 11 is 0. The van der Waals surface area contributed by atoms with Gasteiger partial charge in [-0.25, -0.2) is 4.98 Å². The Bertz CT molecular complexity index is 867. The van der Waals surface area contributed by atoms with E-state index in [0.29, 0.717) is 31.1 Å². The lowest BCUT2D eigenvalue weighted by atomic mass is 10.2. The molecule has 0 saturated carbocycles. The number of nitrogens with zero attached hydrogens (tertiary/aromatic N) is 4. The van der Waals surface area contributed by atoms with E-state index in [4.69, 9.17) is 9.47 Å². The van der Waals surface area contributed by atoms with Gasteiger partial charge in [0, 0.05) is 44.5 Å². The van der Waals surface area contributed by atoms with E-state index in [1.807, 2.05) is 18.3 Å². The molecule has 0 aliphatic rings. The molecule has 0 spiro atoms. The van der Waals surface area contributed by atoms with Gasteiger partial charge >= 0.3 is 0 Å². The number of hydrogen-bond acceptors (Lipinski definition) is 6. The Morgan fingerprint density at radius 1 is 1.15 bits per heavy atom. The van der Waals surface area contributed by atoms with Crippen molar-refractivity contribution in [1.82, 2.24) is 19.7 Å². The smallest absolute Gasteiger partial charge is 0.262 e. The van der Waals surface area contributed by atoms with Crippen LogP contribution in [0.1, 0.15) is 15.9 Å². The molecule has 8 heteroatoms. The van der Waals surface area contributed by atoms with Crippen LogP contribution >= 0.6 is 0 Å². The number of rotatable bonds is 9. The topological polar surface area (TPSA) is 91.2 Å². The number of methoxy groups -OCH3 is 1. The SMILES string of the molecule is COCCOc1ncccc1C(=O)Nc1ccn(CCc2ccncc2)n1. The van der Waals surface area contributed by atoms with Gasteiger partial charge in [-0.1, -0.05) is 0 Å². The molecule has 0 fully saturated rings. The Morgan fingerprint density at radius 3 is 2.81 bits per heavy atom. The number of anilines is 1. The molecule has 0 radical (unpaired) electrons. The van der Waals surface area contributed by atoms with Crippen molar-refractivity contribution in [2.45, 2.75) is 13.0 Å². The Hall–Kier alpha value is -3.26. The molecule has 3 heterocycles. The monoisotopic (exact) mass is 367 g/mol. The van der Waals surface area contributed by atoms with Gasteiger partial charge in [0.05, 0.1) is 6.61 Å². The molecule has 27 heavy (non-hydrogen) atoms. The first-order valence-corrected chi connectivity index (χ1v) is 8.57. The Balaban J connectivity index is 1.59. The van der Waals surface area contributed by atoms with Crippen LogP contribution in [-0.4, -0.2) is 46.0 Å². The number of amides is 1. The minimum Gasteiger partial charge on any atom is -0.475 e. The van der Waals surface area contributed by atoms with Gasteiger partial charge in [-0.05, 0) is 36.2 Å². The number of nitrogens with one attached hydrogen (secondary N) is 1. The minimum atomic E-state index is -0.324. The van der Waals surface area contributed by atoms with Gasteiger partial charge in [-0.3, -0.25) is 14.5 Å². The number of carbonyl (C=O) groups excluding carboxylic acids is 1. The fraction of sp³-hybridized carbons (Fsp3) is 0.263. The third-order valence-corrected chi connectivity index (χ3v) is 3.80. The van der Waals surface area contributed by atoms with Crippen LogP contribution in [0.5, 0.6) is 5.88 Å². The van der Waals surface area contributed by atoms with Gasteiger partial charge in [-0.15, -0.1) is 0 Å². The molecule has 1 amide bonds. The molecular formula is C19H21N5O3. The third kappa shape index (κ3) is 5.35. The predicted molar refractivity (Wildman–Crippen MR) is 99.7 cm³/mol. The fourth-order valence-corrected chi connectivity index (χ4v) is 2.43. The molecule has 0 aliphatic carbocycles. The highest BCUT2D eigenvalue weighted by Crippen LogP contribution is 2.16. The maximum atomic E-state index is 12.5. The molecule has 3 rings (SSSR count). The summed E-state index contributed by atoms with van der Waals surface area (Å²) in [6.07, 6.45) is 7.77. The van der Waals surface area contributed by atoms with Crippen LogP contribution in [0.2, 0.25) is 0 Å². The Labute approximate surface area is 157 Å². The maximum Gasteiger partial charge on any atom is 0.262 e. The van der Waals surface area contributed by atoms with Crippen LogP contribution in [0.4, 0.5) is 5.82 Å². The first kappa shape index (κ1) is 18.5. The first-order valence-electron chi connectivity index (χ1n) is 8.57. The third-order valence-electron chi connectivity index (χ3n) is 3.80. The second-order valence-corrected chi connectivity index (χ2v) is 5.72. The second-order valence-electron chi connectivity index (χ2n) is 5.72. The van der Waals surface area contributed by atoms with Crippen LogP contribution in [0.3, 0.4) is 0 Å². The van der Waals surface area contributed by atoms with E-state index in [9.17, 15) is 4.79 Å². The molecular weight excluding hydrogens is 346 g/mol. The van der Waals surface area contributed by atoms with E-state index in [2.05, 4.69) is 20.4 Å². The molecule has 140 valence electrons. The highest BCUT2D eigenvalue weighted by atomic mass is 16.5. The molecule has 0 unspecified atom stereocenters. The normalized spacial score (nSPS) is 10.6. The number of aromatic nitrogens is 4. The Morgan fingerprint density at radius 2 is 2.00 bits per heavy atom. The summed E-state index contributed by atoms with van der Waals surface area (Å²) in [5.74, 6) is 0.417. The largest absolute Gasteiger partial charge is 0.475 e. The Kier molecular flexibility index (Phi) is 6.48. The molecule has 1 N–H and O–H groups in total. The van der Waals surface area contributed by atoms with Crippen molar-refractivity contribution in [3.05, 3.63) is 66.2 Å². The summed E-state index contributed by atoms with van der Waals surface area (Å²) in [7, 11) is 1.58. The van der Waals surface area contributed by atoms with Crippen LogP contribution in [0.15, 0.2) is 55.1 Å². The van der Waals surface area contributed by atoms with E-state index in [0.717, 1.165) is 6.42 Å². The first-order chi connectivity index (χ1) is 13.3. The maximum absolute atomic E-state index is 12.5. The summed E-state index contributed by atoms with van der Waals surface area (Å²) in [6.45, 7) is 1.44. The van der Waals surface area contributed by atoms with Gasteiger partial charge in [0.2, 0.25) is 5.88 Å². The zero-order valence-electron chi connectivity index (χ0n) is 15.0. The van der Waals surface area contributed by atoms with Gasteiger partial charge in [0.25, 0.3) is 5.91 Å². The van der Waals surface area contributed by atoms with Crippen molar-refractivity contribution in [3.8, 4) is 5.88 Å². The highest BCUT2D eigenvalue weighted by molar-refractivity contribution is 6.05. The lowest BCUT2D eigenvalue weighted by Crippen LogP contribution is -2.16. The number of carbonyl (C=O) groups is 1. The molecule has 3 aromatic heterocycles. The molecule has 3 aromatic rings. The average Bonchev–Trinajstić information content (AvgIpc) is 3.15. The summed E-state index contributed by atoms with van der Waals surface area (Å²) in [5, 5.41) is 7.16. The van der Waals surface area contributed by atoms with E-state index in [1.54, 1.807) is 48.6 Å². The van der Waals surface area contributed by atoms with Gasteiger partial charge in [0.15, 0.2) is 5.82 Å². The number of pyridine rings is 2. The molecule has 0 aliphatic heterocycles. The van der Waals surface area contributed by atoms with Crippen molar-refractivity contribution in [2.24, 2.45) is 0 Å². The van der Waals surface area contributed by atoms with Crippen molar-refractivity contribution in [1.29, 1.82) is 0 Å². The summed E-state index contributed by atoms with van der Waals surface area (Å²) in [4.78, 5) is 20.7. The number of ether oxygens (including phenoxy) is 2. The summed E-state index contributed by atoms with van der Waals surface area (Å²) < 4.78 is 12.2. The van der Waals surface area contributed by atoms with Crippen molar-refractivity contribution in [2.75, 3.05) is 25.6 Å². The van der Waals surface area contributed by atoms with Crippen LogP contribution in [0.25, 0.3) is 0 Å². The average molecular weight is 367 g/mol. The fourth-order valence-electron chi connectivity index (χ4n) is 2.43. The summed E-state index contributed by atoms with van der Waals surface area (Å²) in [6, 6.07) is 9.04. The quantitative estimate of drug-likeness (QED) is 0.583. The second kappa shape index (κ2) is 9.44. The molecule has 0 aromatic carbocycles.